The maximum Gasteiger partial charge on any atom is 0.136 e. The maximum atomic E-state index is 9.43. The number of hydrogen-bond acceptors (Lipinski definition) is 4. The Labute approximate surface area is 153 Å². The van der Waals surface area contributed by atoms with Crippen molar-refractivity contribution < 1.29 is 0 Å². The highest BCUT2D eigenvalue weighted by Gasteiger charge is 2.09. The molecule has 0 aliphatic heterocycles. The number of benzene rings is 2. The summed E-state index contributed by atoms with van der Waals surface area (Å²) in [6, 6.07) is 18.2. The summed E-state index contributed by atoms with van der Waals surface area (Å²) in [5.41, 5.74) is 4.55. The first kappa shape index (κ1) is 16.4. The number of nitriles is 1. The van der Waals surface area contributed by atoms with Crippen molar-refractivity contribution >= 4 is 38.5 Å². The number of thiazole rings is 1. The molecule has 0 atom stereocenters. The number of anilines is 1. The summed E-state index contributed by atoms with van der Waals surface area (Å²) < 4.78 is 1.01. The van der Waals surface area contributed by atoms with Crippen molar-refractivity contribution in [2.45, 2.75) is 6.92 Å². The second kappa shape index (κ2) is 7.43. The van der Waals surface area contributed by atoms with E-state index in [1.54, 1.807) is 6.20 Å². The van der Waals surface area contributed by atoms with Gasteiger partial charge >= 0.3 is 0 Å². The van der Waals surface area contributed by atoms with Crippen LogP contribution >= 0.6 is 27.3 Å². The van der Waals surface area contributed by atoms with Gasteiger partial charge in [0.25, 0.3) is 0 Å². The fraction of sp³-hybridized carbons (Fsp3) is 0.0526. The van der Waals surface area contributed by atoms with E-state index in [1.807, 2.05) is 60.8 Å². The minimum atomic E-state index is 0.516. The van der Waals surface area contributed by atoms with Crippen molar-refractivity contribution in [3.8, 4) is 17.3 Å². The van der Waals surface area contributed by atoms with Crippen molar-refractivity contribution in [3.05, 3.63) is 75.2 Å². The molecule has 0 amide bonds. The standard InChI is InChI=1S/C19H14BrN3S/c1-13-5-7-17(8-6-13)22-11-15(10-21)19-23-18(12-24-19)14-3-2-4-16(20)9-14/h2-9,11-12,22H,1H3. The Morgan fingerprint density at radius 1 is 1.25 bits per heavy atom. The number of nitrogens with zero attached hydrogens (tertiary/aromatic N) is 2. The Morgan fingerprint density at radius 3 is 2.75 bits per heavy atom. The van der Waals surface area contributed by atoms with Gasteiger partial charge in [0.05, 0.1) is 5.69 Å². The van der Waals surface area contributed by atoms with E-state index in [0.717, 1.165) is 21.4 Å². The predicted molar refractivity (Wildman–Crippen MR) is 104 cm³/mol. The fourth-order valence-corrected chi connectivity index (χ4v) is 3.32. The minimum absolute atomic E-state index is 0.516. The molecule has 5 heteroatoms. The van der Waals surface area contributed by atoms with Gasteiger partial charge in [-0.3, -0.25) is 0 Å². The second-order valence-electron chi connectivity index (χ2n) is 5.23. The highest BCUT2D eigenvalue weighted by molar-refractivity contribution is 9.10. The van der Waals surface area contributed by atoms with Crippen molar-refractivity contribution in [2.75, 3.05) is 5.32 Å². The smallest absolute Gasteiger partial charge is 0.136 e. The van der Waals surface area contributed by atoms with Crippen LogP contribution in [0.3, 0.4) is 0 Å². The first-order chi connectivity index (χ1) is 11.7. The third-order valence-corrected chi connectivity index (χ3v) is 4.78. The number of halogens is 1. The van der Waals surface area contributed by atoms with Gasteiger partial charge in [-0.2, -0.15) is 5.26 Å². The topological polar surface area (TPSA) is 48.7 Å². The maximum absolute atomic E-state index is 9.43. The molecule has 3 aromatic rings. The second-order valence-corrected chi connectivity index (χ2v) is 7.00. The molecule has 3 rings (SSSR count). The monoisotopic (exact) mass is 395 g/mol. The van der Waals surface area contributed by atoms with Gasteiger partial charge in [0.2, 0.25) is 0 Å². The Bertz CT molecular complexity index is 920. The summed E-state index contributed by atoms with van der Waals surface area (Å²) in [5, 5.41) is 15.2. The number of allylic oxidation sites excluding steroid dienone is 1. The zero-order valence-electron chi connectivity index (χ0n) is 13.0. The highest BCUT2D eigenvalue weighted by atomic mass is 79.9. The van der Waals surface area contributed by atoms with Crippen LogP contribution in [0, 0.1) is 18.3 Å². The molecule has 24 heavy (non-hydrogen) atoms. The average Bonchev–Trinajstić information content (AvgIpc) is 3.07. The Balaban J connectivity index is 1.83. The average molecular weight is 396 g/mol. The quantitative estimate of drug-likeness (QED) is 0.562. The van der Waals surface area contributed by atoms with Gasteiger partial charge in [-0.05, 0) is 31.2 Å². The van der Waals surface area contributed by atoms with Gasteiger partial charge in [0.1, 0.15) is 16.6 Å². The molecule has 2 aromatic carbocycles. The van der Waals surface area contributed by atoms with Crippen LogP contribution in [-0.4, -0.2) is 4.98 Å². The van der Waals surface area contributed by atoms with E-state index in [-0.39, 0.29) is 0 Å². The van der Waals surface area contributed by atoms with Crippen LogP contribution in [0.4, 0.5) is 5.69 Å². The van der Waals surface area contributed by atoms with Crippen molar-refractivity contribution in [2.24, 2.45) is 0 Å². The summed E-state index contributed by atoms with van der Waals surface area (Å²) in [6.45, 7) is 2.04. The molecule has 0 fully saturated rings. The fourth-order valence-electron chi connectivity index (χ4n) is 2.12. The summed E-state index contributed by atoms with van der Waals surface area (Å²) in [7, 11) is 0. The molecular weight excluding hydrogens is 382 g/mol. The predicted octanol–water partition coefficient (Wildman–Crippen LogP) is 5.86. The molecule has 1 heterocycles. The summed E-state index contributed by atoms with van der Waals surface area (Å²) in [4.78, 5) is 4.59. The molecule has 0 spiro atoms. The molecule has 0 aliphatic rings. The largest absolute Gasteiger partial charge is 0.360 e. The van der Waals surface area contributed by atoms with Crippen LogP contribution < -0.4 is 5.32 Å². The van der Waals surface area contributed by atoms with Gasteiger partial charge in [-0.1, -0.05) is 45.8 Å². The summed E-state index contributed by atoms with van der Waals surface area (Å²) in [5.74, 6) is 0. The van der Waals surface area contributed by atoms with E-state index in [0.29, 0.717) is 10.6 Å². The summed E-state index contributed by atoms with van der Waals surface area (Å²) >= 11 is 4.93. The number of nitrogens with one attached hydrogen (secondary N) is 1. The molecule has 0 saturated carbocycles. The first-order valence-electron chi connectivity index (χ1n) is 7.31. The number of rotatable bonds is 4. The molecule has 0 unspecified atom stereocenters. The molecule has 1 aromatic heterocycles. The number of hydrogen-bond donors (Lipinski definition) is 1. The Kier molecular flexibility index (Phi) is 5.09. The number of aryl methyl sites for hydroxylation is 1. The molecule has 118 valence electrons. The third-order valence-electron chi connectivity index (χ3n) is 3.41. The molecule has 0 bridgehead atoms. The summed E-state index contributed by atoms with van der Waals surface area (Å²) in [6.07, 6.45) is 1.70. The van der Waals surface area contributed by atoms with E-state index in [9.17, 15) is 5.26 Å². The van der Waals surface area contributed by atoms with Gasteiger partial charge in [0, 0.05) is 27.3 Å². The Hall–Kier alpha value is -2.42. The lowest BCUT2D eigenvalue weighted by Crippen LogP contribution is -1.91. The molecule has 0 radical (unpaired) electrons. The molecule has 1 N–H and O–H groups in total. The van der Waals surface area contributed by atoms with Crippen molar-refractivity contribution in [1.82, 2.24) is 4.98 Å². The van der Waals surface area contributed by atoms with Crippen molar-refractivity contribution in [1.29, 1.82) is 5.26 Å². The van der Waals surface area contributed by atoms with Crippen LogP contribution in [0.2, 0.25) is 0 Å². The van der Waals surface area contributed by atoms with E-state index in [4.69, 9.17) is 0 Å². The van der Waals surface area contributed by atoms with E-state index >= 15 is 0 Å². The first-order valence-corrected chi connectivity index (χ1v) is 8.98. The molecule has 0 saturated heterocycles. The Morgan fingerprint density at radius 2 is 2.04 bits per heavy atom. The van der Waals surface area contributed by atoms with Crippen LogP contribution in [0.25, 0.3) is 16.8 Å². The van der Waals surface area contributed by atoms with Gasteiger partial charge in [-0.25, -0.2) is 4.98 Å². The zero-order chi connectivity index (χ0) is 16.9. The van der Waals surface area contributed by atoms with E-state index in [2.05, 4.69) is 32.3 Å². The van der Waals surface area contributed by atoms with Crippen molar-refractivity contribution in [3.63, 3.8) is 0 Å². The normalized spacial score (nSPS) is 11.1. The van der Waals surface area contributed by atoms with Crippen LogP contribution in [0.15, 0.2) is 64.6 Å². The molecular formula is C19H14BrN3S. The lowest BCUT2D eigenvalue weighted by Gasteiger charge is -2.01. The lowest BCUT2D eigenvalue weighted by molar-refractivity contribution is 1.36. The van der Waals surface area contributed by atoms with Gasteiger partial charge in [0.15, 0.2) is 0 Å². The SMILES string of the molecule is Cc1ccc(NC=C(C#N)c2nc(-c3cccc(Br)c3)cs2)cc1. The van der Waals surface area contributed by atoms with Crippen LogP contribution in [0.1, 0.15) is 10.6 Å². The van der Waals surface area contributed by atoms with Crippen LogP contribution in [-0.2, 0) is 0 Å². The highest BCUT2D eigenvalue weighted by Crippen LogP contribution is 2.27. The van der Waals surface area contributed by atoms with Gasteiger partial charge < -0.3 is 5.32 Å². The van der Waals surface area contributed by atoms with E-state index < -0.39 is 0 Å². The molecule has 0 aliphatic carbocycles. The minimum Gasteiger partial charge on any atom is -0.360 e. The van der Waals surface area contributed by atoms with Crippen LogP contribution in [0.5, 0.6) is 0 Å². The third kappa shape index (κ3) is 3.91. The van der Waals surface area contributed by atoms with E-state index in [1.165, 1.54) is 16.9 Å². The molecule has 3 nitrogen and oxygen atoms in total. The number of aromatic nitrogens is 1. The lowest BCUT2D eigenvalue weighted by atomic mass is 10.2. The van der Waals surface area contributed by atoms with Gasteiger partial charge in [-0.15, -0.1) is 11.3 Å². The zero-order valence-corrected chi connectivity index (χ0v) is 15.4.